The molecule has 0 aliphatic carbocycles. The molecule has 1 heterocycles. The molecule has 0 saturated carbocycles. The van der Waals surface area contributed by atoms with Crippen LogP contribution in [0.2, 0.25) is 0 Å². The maximum atomic E-state index is 5.47. The maximum Gasteiger partial charge on any atom is 0.194 e. The van der Waals surface area contributed by atoms with E-state index in [-0.39, 0.29) is 24.0 Å². The van der Waals surface area contributed by atoms with Gasteiger partial charge in [0.15, 0.2) is 5.96 Å². The Morgan fingerprint density at radius 2 is 2.00 bits per heavy atom. The zero-order valence-electron chi connectivity index (χ0n) is 15.9. The van der Waals surface area contributed by atoms with Gasteiger partial charge in [-0.05, 0) is 30.7 Å². The van der Waals surface area contributed by atoms with Crippen LogP contribution in [-0.2, 0) is 13.1 Å². The number of benzene rings is 1. The number of aliphatic imine (C=N–C) groups is 1. The normalized spacial score (nSPS) is 10.7. The van der Waals surface area contributed by atoms with Crippen LogP contribution in [0.15, 0.2) is 41.5 Å². The molecule has 7 heteroatoms. The van der Waals surface area contributed by atoms with E-state index in [1.165, 1.54) is 0 Å². The van der Waals surface area contributed by atoms with Crippen LogP contribution >= 0.6 is 24.0 Å². The van der Waals surface area contributed by atoms with E-state index in [0.29, 0.717) is 13.1 Å². The van der Waals surface area contributed by atoms with Gasteiger partial charge in [-0.2, -0.15) is 0 Å². The minimum atomic E-state index is 0. The Morgan fingerprint density at radius 3 is 2.62 bits per heavy atom. The fourth-order valence-corrected chi connectivity index (χ4v) is 2.56. The molecule has 142 valence electrons. The van der Waals surface area contributed by atoms with Crippen molar-refractivity contribution >= 4 is 29.9 Å². The smallest absolute Gasteiger partial charge is 0.194 e. The molecule has 0 radical (unpaired) electrons. The number of pyridine rings is 1. The van der Waals surface area contributed by atoms with E-state index < -0.39 is 0 Å². The summed E-state index contributed by atoms with van der Waals surface area (Å²) in [5, 5.41) is 3.35. The van der Waals surface area contributed by atoms with Crippen molar-refractivity contribution in [3.63, 3.8) is 0 Å². The minimum absolute atomic E-state index is 0. The number of aromatic nitrogens is 1. The Hall–Kier alpha value is -2.03. The van der Waals surface area contributed by atoms with Crippen molar-refractivity contribution in [1.82, 2.24) is 15.2 Å². The van der Waals surface area contributed by atoms with Crippen molar-refractivity contribution in [1.29, 1.82) is 0 Å². The van der Waals surface area contributed by atoms with E-state index in [1.807, 2.05) is 36.2 Å². The Balaban J connectivity index is 0.00000338. The lowest BCUT2D eigenvalue weighted by atomic mass is 10.2. The lowest BCUT2D eigenvalue weighted by molar-refractivity contribution is 0.382. The first kappa shape index (κ1) is 22.0. The van der Waals surface area contributed by atoms with Crippen molar-refractivity contribution in [2.45, 2.75) is 20.0 Å². The molecule has 1 N–H and O–H groups in total. The highest BCUT2D eigenvalue weighted by molar-refractivity contribution is 14.0. The van der Waals surface area contributed by atoms with Gasteiger partial charge in [-0.3, -0.25) is 9.98 Å². The van der Waals surface area contributed by atoms with Gasteiger partial charge >= 0.3 is 0 Å². The van der Waals surface area contributed by atoms with E-state index in [1.54, 1.807) is 27.5 Å². The topological polar surface area (TPSA) is 59.0 Å². The van der Waals surface area contributed by atoms with E-state index in [0.717, 1.165) is 34.3 Å². The zero-order valence-corrected chi connectivity index (χ0v) is 18.3. The number of nitrogens with one attached hydrogen (secondary N) is 1. The summed E-state index contributed by atoms with van der Waals surface area (Å²) in [6, 6.07) is 9.81. The zero-order chi connectivity index (χ0) is 18.2. The predicted molar refractivity (Wildman–Crippen MR) is 116 cm³/mol. The maximum absolute atomic E-state index is 5.47. The summed E-state index contributed by atoms with van der Waals surface area (Å²) < 4.78 is 10.7. The fraction of sp³-hybridized carbons (Fsp3) is 0.368. The molecule has 0 aliphatic rings. The molecule has 6 nitrogen and oxygen atoms in total. The number of hydrogen-bond acceptors (Lipinski definition) is 4. The lowest BCUT2D eigenvalue weighted by Crippen LogP contribution is -2.38. The summed E-state index contributed by atoms with van der Waals surface area (Å²) in [4.78, 5) is 10.8. The van der Waals surface area contributed by atoms with Crippen LogP contribution in [0.4, 0.5) is 0 Å². The number of halogens is 1. The van der Waals surface area contributed by atoms with E-state index in [4.69, 9.17) is 9.47 Å². The van der Waals surface area contributed by atoms with Crippen LogP contribution in [0.25, 0.3) is 0 Å². The first-order valence-corrected chi connectivity index (χ1v) is 8.12. The van der Waals surface area contributed by atoms with Crippen LogP contribution in [0, 0.1) is 6.92 Å². The molecule has 0 fully saturated rings. The molecule has 26 heavy (non-hydrogen) atoms. The first-order chi connectivity index (χ1) is 12.1. The number of ether oxygens (including phenoxy) is 2. The summed E-state index contributed by atoms with van der Waals surface area (Å²) in [6.45, 7) is 3.34. The number of hydrogen-bond donors (Lipinski definition) is 1. The summed E-state index contributed by atoms with van der Waals surface area (Å²) in [6.07, 6.45) is 1.80. The number of guanidine groups is 1. The molecule has 0 aliphatic heterocycles. The Kier molecular flexibility index (Phi) is 9.18. The fourth-order valence-electron chi connectivity index (χ4n) is 2.56. The Labute approximate surface area is 172 Å². The summed E-state index contributed by atoms with van der Waals surface area (Å²) in [5.41, 5.74) is 3.23. The quantitative estimate of drug-likeness (QED) is 0.399. The van der Waals surface area contributed by atoms with E-state index >= 15 is 0 Å². The van der Waals surface area contributed by atoms with Gasteiger partial charge < -0.3 is 19.7 Å². The SMILES string of the molecule is CN=C(NCc1ncccc1C)N(C)Cc1ccc(OC)cc1OC.I. The van der Waals surface area contributed by atoms with Gasteiger partial charge in [-0.25, -0.2) is 0 Å². The van der Waals surface area contributed by atoms with Gasteiger partial charge in [0, 0.05) is 38.5 Å². The monoisotopic (exact) mass is 470 g/mol. The first-order valence-electron chi connectivity index (χ1n) is 8.12. The molecule has 1 aromatic heterocycles. The highest BCUT2D eigenvalue weighted by atomic mass is 127. The molecule has 0 amide bonds. The van der Waals surface area contributed by atoms with Crippen LogP contribution in [0.1, 0.15) is 16.8 Å². The van der Waals surface area contributed by atoms with Gasteiger partial charge in [-0.15, -0.1) is 24.0 Å². The molecule has 0 saturated heterocycles. The molecule has 2 aromatic rings. The van der Waals surface area contributed by atoms with Crippen LogP contribution < -0.4 is 14.8 Å². The van der Waals surface area contributed by atoms with Crippen molar-refractivity contribution in [2.75, 3.05) is 28.3 Å². The number of nitrogens with zero attached hydrogens (tertiary/aromatic N) is 3. The molecular weight excluding hydrogens is 443 g/mol. The van der Waals surface area contributed by atoms with Crippen molar-refractivity contribution < 1.29 is 9.47 Å². The van der Waals surface area contributed by atoms with Crippen LogP contribution in [-0.4, -0.2) is 44.2 Å². The van der Waals surface area contributed by atoms with Gasteiger partial charge in [0.25, 0.3) is 0 Å². The summed E-state index contributed by atoms with van der Waals surface area (Å²) in [5.74, 6) is 2.36. The molecule has 0 spiro atoms. The molecule has 2 rings (SSSR count). The second-order valence-electron chi connectivity index (χ2n) is 5.70. The molecule has 0 atom stereocenters. The Bertz CT molecular complexity index is 737. The van der Waals surface area contributed by atoms with E-state index in [9.17, 15) is 0 Å². The average molecular weight is 470 g/mol. The largest absolute Gasteiger partial charge is 0.497 e. The van der Waals surface area contributed by atoms with Crippen molar-refractivity contribution in [3.05, 3.63) is 53.3 Å². The molecule has 1 aromatic carbocycles. The average Bonchev–Trinajstić information content (AvgIpc) is 2.64. The number of rotatable bonds is 6. The molecular formula is C19H27IN4O2. The van der Waals surface area contributed by atoms with E-state index in [2.05, 4.69) is 28.3 Å². The molecule has 0 bridgehead atoms. The number of aryl methyl sites for hydroxylation is 1. The minimum Gasteiger partial charge on any atom is -0.497 e. The third-order valence-corrected chi connectivity index (χ3v) is 4.01. The van der Waals surface area contributed by atoms with Crippen LogP contribution in [0.5, 0.6) is 11.5 Å². The van der Waals surface area contributed by atoms with Gasteiger partial charge in [-0.1, -0.05) is 6.07 Å². The third kappa shape index (κ3) is 5.76. The Morgan fingerprint density at radius 1 is 1.23 bits per heavy atom. The van der Waals surface area contributed by atoms with Gasteiger partial charge in [0.1, 0.15) is 11.5 Å². The highest BCUT2D eigenvalue weighted by Crippen LogP contribution is 2.25. The van der Waals surface area contributed by atoms with Crippen molar-refractivity contribution in [2.24, 2.45) is 4.99 Å². The van der Waals surface area contributed by atoms with Crippen molar-refractivity contribution in [3.8, 4) is 11.5 Å². The standard InChI is InChI=1S/C19H26N4O2.HI/c1-14-7-6-10-21-17(14)12-22-19(20-2)23(3)13-15-8-9-16(24-4)11-18(15)25-5;/h6-11H,12-13H2,1-5H3,(H,20,22);1H. The molecule has 0 unspecified atom stereocenters. The summed E-state index contributed by atoms with van der Waals surface area (Å²) in [7, 11) is 7.07. The van der Waals surface area contributed by atoms with Crippen LogP contribution in [0.3, 0.4) is 0 Å². The lowest BCUT2D eigenvalue weighted by Gasteiger charge is -2.23. The number of methoxy groups -OCH3 is 2. The predicted octanol–water partition coefficient (Wildman–Crippen LogP) is 3.23. The van der Waals surface area contributed by atoms with Gasteiger partial charge in [0.05, 0.1) is 26.5 Å². The van der Waals surface area contributed by atoms with Gasteiger partial charge in [0.2, 0.25) is 0 Å². The second-order valence-corrected chi connectivity index (χ2v) is 5.70. The third-order valence-electron chi connectivity index (χ3n) is 4.01. The summed E-state index contributed by atoms with van der Waals surface area (Å²) >= 11 is 0. The highest BCUT2D eigenvalue weighted by Gasteiger charge is 2.11. The second kappa shape index (κ2) is 10.8.